The van der Waals surface area contributed by atoms with Crippen molar-refractivity contribution in [3.63, 3.8) is 0 Å². The van der Waals surface area contributed by atoms with Gasteiger partial charge < -0.3 is 0 Å². The standard InChI is InChI=1S/C20H23N5OS/c1-15-6-5-9-24(11-15)12-16-13-27-20(22-16)23-19(26)18-10-21-14-25(18)17-7-3-2-4-8-17/h2-4,7-8,10,13-15H,5-6,9,11-12H2,1H3,(H,22,23,26). The van der Waals surface area contributed by atoms with Crippen LogP contribution in [0.25, 0.3) is 5.69 Å². The van der Waals surface area contributed by atoms with Crippen molar-refractivity contribution in [1.29, 1.82) is 0 Å². The summed E-state index contributed by atoms with van der Waals surface area (Å²) in [6.07, 6.45) is 5.78. The Hall–Kier alpha value is -2.51. The van der Waals surface area contributed by atoms with Crippen LogP contribution in [-0.4, -0.2) is 38.4 Å². The first-order chi connectivity index (χ1) is 13.2. The van der Waals surface area contributed by atoms with E-state index in [2.05, 4.69) is 27.1 Å². The zero-order valence-corrected chi connectivity index (χ0v) is 16.2. The van der Waals surface area contributed by atoms with E-state index >= 15 is 0 Å². The molecule has 1 fully saturated rings. The molecule has 7 heteroatoms. The van der Waals surface area contributed by atoms with Crippen LogP contribution in [0, 0.1) is 5.92 Å². The number of amides is 1. The summed E-state index contributed by atoms with van der Waals surface area (Å²) in [6.45, 7) is 5.39. The zero-order valence-electron chi connectivity index (χ0n) is 15.3. The second-order valence-corrected chi connectivity index (χ2v) is 7.92. The second-order valence-electron chi connectivity index (χ2n) is 7.07. The van der Waals surface area contributed by atoms with Crippen LogP contribution in [0.3, 0.4) is 0 Å². The van der Waals surface area contributed by atoms with Crippen LogP contribution >= 0.6 is 11.3 Å². The number of aromatic nitrogens is 3. The van der Waals surface area contributed by atoms with Crippen molar-refractivity contribution in [1.82, 2.24) is 19.4 Å². The van der Waals surface area contributed by atoms with Gasteiger partial charge in [-0.2, -0.15) is 0 Å². The second kappa shape index (κ2) is 8.02. The molecule has 1 amide bonds. The molecule has 4 rings (SSSR count). The minimum atomic E-state index is -0.205. The Balaban J connectivity index is 1.42. The van der Waals surface area contributed by atoms with Gasteiger partial charge in [-0.1, -0.05) is 25.1 Å². The Morgan fingerprint density at radius 1 is 1.33 bits per heavy atom. The molecule has 0 radical (unpaired) electrons. The molecule has 0 bridgehead atoms. The van der Waals surface area contributed by atoms with Gasteiger partial charge in [-0.05, 0) is 37.4 Å². The van der Waals surface area contributed by atoms with E-state index in [-0.39, 0.29) is 5.91 Å². The molecular formula is C20H23N5OS. The minimum Gasteiger partial charge on any atom is -0.297 e. The quantitative estimate of drug-likeness (QED) is 0.730. The van der Waals surface area contributed by atoms with Crippen molar-refractivity contribution in [2.75, 3.05) is 18.4 Å². The number of thiazole rings is 1. The monoisotopic (exact) mass is 381 g/mol. The number of rotatable bonds is 5. The first kappa shape index (κ1) is 17.9. The molecule has 3 aromatic rings. The van der Waals surface area contributed by atoms with Gasteiger partial charge in [0.1, 0.15) is 5.69 Å². The van der Waals surface area contributed by atoms with E-state index in [4.69, 9.17) is 0 Å². The van der Waals surface area contributed by atoms with Gasteiger partial charge >= 0.3 is 0 Å². The SMILES string of the molecule is CC1CCCN(Cc2csc(NC(=O)c3cncn3-c3ccccc3)n2)C1. The zero-order chi connectivity index (χ0) is 18.6. The first-order valence-corrected chi connectivity index (χ1v) is 10.1. The molecule has 140 valence electrons. The molecule has 1 aliphatic heterocycles. The highest BCUT2D eigenvalue weighted by Crippen LogP contribution is 2.21. The number of hydrogen-bond acceptors (Lipinski definition) is 5. The molecule has 3 heterocycles. The van der Waals surface area contributed by atoms with E-state index in [0.29, 0.717) is 10.8 Å². The van der Waals surface area contributed by atoms with Gasteiger partial charge in [-0.15, -0.1) is 11.3 Å². The summed E-state index contributed by atoms with van der Waals surface area (Å²) in [5, 5.41) is 5.57. The normalized spacial score (nSPS) is 17.7. The van der Waals surface area contributed by atoms with Crippen LogP contribution in [0.1, 0.15) is 35.9 Å². The summed E-state index contributed by atoms with van der Waals surface area (Å²) in [7, 11) is 0. The summed E-state index contributed by atoms with van der Waals surface area (Å²) in [5.74, 6) is 0.540. The van der Waals surface area contributed by atoms with Gasteiger partial charge in [0.05, 0.1) is 18.2 Å². The van der Waals surface area contributed by atoms with E-state index in [1.807, 2.05) is 35.7 Å². The minimum absolute atomic E-state index is 0.205. The first-order valence-electron chi connectivity index (χ1n) is 9.25. The van der Waals surface area contributed by atoms with Gasteiger partial charge in [-0.25, -0.2) is 9.97 Å². The number of imidazole rings is 1. The van der Waals surface area contributed by atoms with Crippen molar-refractivity contribution in [2.24, 2.45) is 5.92 Å². The molecule has 1 atom stereocenters. The van der Waals surface area contributed by atoms with E-state index < -0.39 is 0 Å². The lowest BCUT2D eigenvalue weighted by atomic mass is 10.0. The van der Waals surface area contributed by atoms with Crippen molar-refractivity contribution in [2.45, 2.75) is 26.3 Å². The lowest BCUT2D eigenvalue weighted by Crippen LogP contribution is -2.33. The fourth-order valence-electron chi connectivity index (χ4n) is 3.51. The summed E-state index contributed by atoms with van der Waals surface area (Å²) in [5.41, 5.74) is 2.41. The third kappa shape index (κ3) is 4.26. The van der Waals surface area contributed by atoms with Gasteiger partial charge in [0.15, 0.2) is 5.13 Å². The Labute approximate surface area is 162 Å². The highest BCUT2D eigenvalue weighted by atomic mass is 32.1. The predicted octanol–water partition coefficient (Wildman–Crippen LogP) is 3.81. The van der Waals surface area contributed by atoms with Crippen molar-refractivity contribution < 1.29 is 4.79 Å². The molecule has 2 aromatic heterocycles. The van der Waals surface area contributed by atoms with E-state index in [1.165, 1.54) is 24.2 Å². The third-order valence-corrected chi connectivity index (χ3v) is 5.61. The molecule has 27 heavy (non-hydrogen) atoms. The topological polar surface area (TPSA) is 63.1 Å². The number of para-hydroxylation sites is 1. The lowest BCUT2D eigenvalue weighted by Gasteiger charge is -2.30. The van der Waals surface area contributed by atoms with Gasteiger partial charge in [0, 0.05) is 24.2 Å². The Morgan fingerprint density at radius 2 is 2.19 bits per heavy atom. The number of anilines is 1. The Morgan fingerprint density at radius 3 is 3.00 bits per heavy atom. The number of carbonyl (C=O) groups is 1. The van der Waals surface area contributed by atoms with Crippen molar-refractivity contribution in [3.05, 3.63) is 59.6 Å². The summed E-state index contributed by atoms with van der Waals surface area (Å²) in [6, 6.07) is 9.71. The molecule has 1 N–H and O–H groups in total. The maximum atomic E-state index is 12.7. The van der Waals surface area contributed by atoms with Gasteiger partial charge in [0.2, 0.25) is 0 Å². The van der Waals surface area contributed by atoms with Crippen LogP contribution in [0.4, 0.5) is 5.13 Å². The maximum absolute atomic E-state index is 12.7. The Kier molecular flexibility index (Phi) is 5.31. The van der Waals surface area contributed by atoms with Crippen molar-refractivity contribution >= 4 is 22.4 Å². The van der Waals surface area contributed by atoms with Crippen molar-refractivity contribution in [3.8, 4) is 5.69 Å². The number of hydrogen-bond donors (Lipinski definition) is 1. The Bertz CT molecular complexity index is 904. The lowest BCUT2D eigenvalue weighted by molar-refractivity contribution is 0.102. The highest BCUT2D eigenvalue weighted by Gasteiger charge is 2.18. The van der Waals surface area contributed by atoms with Crippen LogP contribution < -0.4 is 5.32 Å². The highest BCUT2D eigenvalue weighted by molar-refractivity contribution is 7.13. The number of benzene rings is 1. The smallest absolute Gasteiger partial charge is 0.276 e. The molecule has 1 unspecified atom stereocenters. The molecule has 6 nitrogen and oxygen atoms in total. The fraction of sp³-hybridized carbons (Fsp3) is 0.350. The summed E-state index contributed by atoms with van der Waals surface area (Å²) >= 11 is 1.47. The average Bonchev–Trinajstić information content (AvgIpc) is 3.32. The van der Waals surface area contributed by atoms with Crippen LogP contribution in [0.2, 0.25) is 0 Å². The van der Waals surface area contributed by atoms with E-state index in [9.17, 15) is 4.79 Å². The predicted molar refractivity (Wildman–Crippen MR) is 107 cm³/mol. The van der Waals surface area contributed by atoms with E-state index in [1.54, 1.807) is 17.1 Å². The summed E-state index contributed by atoms with van der Waals surface area (Å²) in [4.78, 5) is 23.9. The maximum Gasteiger partial charge on any atom is 0.276 e. The van der Waals surface area contributed by atoms with Gasteiger partial charge in [0.25, 0.3) is 5.91 Å². The van der Waals surface area contributed by atoms with Crippen LogP contribution in [-0.2, 0) is 6.54 Å². The third-order valence-electron chi connectivity index (χ3n) is 4.80. The largest absolute Gasteiger partial charge is 0.297 e. The number of piperidine rings is 1. The van der Waals surface area contributed by atoms with Crippen LogP contribution in [0.15, 0.2) is 48.2 Å². The fourth-order valence-corrected chi connectivity index (χ4v) is 4.21. The molecule has 0 saturated carbocycles. The number of likely N-dealkylation sites (tertiary alicyclic amines) is 1. The van der Waals surface area contributed by atoms with Gasteiger partial charge in [-0.3, -0.25) is 19.6 Å². The molecule has 1 aliphatic rings. The number of carbonyl (C=O) groups excluding carboxylic acids is 1. The van der Waals surface area contributed by atoms with Crippen LogP contribution in [0.5, 0.6) is 0 Å². The molecule has 1 saturated heterocycles. The number of nitrogens with one attached hydrogen (secondary N) is 1. The molecular weight excluding hydrogens is 358 g/mol. The van der Waals surface area contributed by atoms with E-state index in [0.717, 1.165) is 36.9 Å². The number of nitrogens with zero attached hydrogens (tertiary/aromatic N) is 4. The average molecular weight is 382 g/mol. The summed E-state index contributed by atoms with van der Waals surface area (Å²) < 4.78 is 1.78. The molecule has 1 aromatic carbocycles. The molecule has 0 spiro atoms. The molecule has 0 aliphatic carbocycles.